The zero-order valence-corrected chi connectivity index (χ0v) is 7.75. The van der Waals surface area contributed by atoms with Gasteiger partial charge in [0.15, 0.2) is 0 Å². The average molecular weight is 189 g/mol. The summed E-state index contributed by atoms with van der Waals surface area (Å²) in [6.45, 7) is 0. The Hall–Kier alpha value is -0.745. The minimum atomic E-state index is -0.700. The fraction of sp³-hybridized carbons (Fsp3) is 0.143. The zero-order chi connectivity index (χ0) is 9.80. The van der Waals surface area contributed by atoms with Crippen molar-refractivity contribution < 1.29 is 18.4 Å². The smallest absolute Gasteiger partial charge is 0.451 e. The van der Waals surface area contributed by atoms with Crippen LogP contribution in [0.3, 0.4) is 0 Å². The molecule has 7 heteroatoms. The van der Waals surface area contributed by atoms with Crippen molar-refractivity contribution in [3.05, 3.63) is 30.3 Å². The van der Waals surface area contributed by atoms with Crippen LogP contribution < -0.4 is 5.46 Å². The second kappa shape index (κ2) is 4.66. The maximum atomic E-state index is 5.32. The summed E-state index contributed by atoms with van der Waals surface area (Å²) in [5, 5.41) is 0. The Morgan fingerprint density at radius 3 is 2.71 bits per heavy atom. The summed E-state index contributed by atoms with van der Waals surface area (Å²) in [4.78, 5) is 0. The van der Waals surface area contributed by atoms with Crippen molar-refractivity contribution in [1.82, 2.24) is 0 Å². The first-order chi connectivity index (χ1) is 6.90. The summed E-state index contributed by atoms with van der Waals surface area (Å²) in [5.74, 6) is 0. The molecule has 1 aromatic rings. The summed E-state index contributed by atoms with van der Waals surface area (Å²) in [7, 11) is 1.57. The van der Waals surface area contributed by atoms with Crippen LogP contribution >= 0.6 is 0 Å². The van der Waals surface area contributed by atoms with Crippen molar-refractivity contribution in [3.8, 4) is 0 Å². The molecule has 0 spiro atoms. The van der Waals surface area contributed by atoms with E-state index in [2.05, 4.69) is 0 Å². The van der Waals surface area contributed by atoms with E-state index in [1.54, 1.807) is 0 Å². The largest absolute Gasteiger partial charge is 0.611 e. The molecule has 1 heterocycles. The molecule has 0 aliphatic carbocycles. The number of hydrogen-bond donors (Lipinski definition) is 0. The van der Waals surface area contributed by atoms with E-state index in [0.29, 0.717) is 0 Å². The highest BCUT2D eigenvalue weighted by atomic mass is 16.8. The zero-order valence-electron chi connectivity index (χ0n) is 7.75. The highest BCUT2D eigenvalue weighted by Crippen LogP contribution is 2.02. The van der Waals surface area contributed by atoms with E-state index in [-0.39, 0.29) is 0 Å². The maximum Gasteiger partial charge on any atom is 0.611 e. The topological polar surface area (TPSA) is 36.9 Å². The van der Waals surface area contributed by atoms with E-state index in [1.807, 2.05) is 30.3 Å². The van der Waals surface area contributed by atoms with Gasteiger partial charge in [0.25, 0.3) is 0 Å². The number of hydrogen-bond acceptors (Lipinski definition) is 4. The van der Waals surface area contributed by atoms with Gasteiger partial charge in [0.1, 0.15) is 0 Å². The molecule has 1 fully saturated rings. The lowest BCUT2D eigenvalue weighted by Gasteiger charge is -2.23. The lowest BCUT2D eigenvalue weighted by atomic mass is 9.75. The van der Waals surface area contributed by atoms with Gasteiger partial charge in [-0.15, -0.1) is 0 Å². The van der Waals surface area contributed by atoms with Gasteiger partial charge in [0.05, 0.1) is 0 Å². The third kappa shape index (κ3) is 2.19. The van der Waals surface area contributed by atoms with E-state index in [9.17, 15) is 0 Å². The molecule has 1 aliphatic heterocycles. The van der Waals surface area contributed by atoms with Crippen LogP contribution in [0.1, 0.15) is 0 Å². The highest BCUT2D eigenvalue weighted by molar-refractivity contribution is 6.74. The van der Waals surface area contributed by atoms with E-state index in [0.717, 1.165) is 5.46 Å². The number of benzene rings is 1. The van der Waals surface area contributed by atoms with E-state index < -0.39 is 14.4 Å². The van der Waals surface area contributed by atoms with Crippen molar-refractivity contribution in [2.45, 2.75) is 0 Å². The van der Waals surface area contributed by atoms with Gasteiger partial charge in [-0.3, -0.25) is 0 Å². The molecule has 0 bridgehead atoms. The van der Waals surface area contributed by atoms with Crippen LogP contribution in [0.5, 0.6) is 0 Å². The predicted molar refractivity (Wildman–Crippen MR) is 53.6 cm³/mol. The Morgan fingerprint density at radius 2 is 2.00 bits per heavy atom. The second-order valence-electron chi connectivity index (χ2n) is 2.77. The molecule has 1 aromatic carbocycles. The molecule has 4 nitrogen and oxygen atoms in total. The van der Waals surface area contributed by atoms with Crippen molar-refractivity contribution in [1.29, 1.82) is 0 Å². The fourth-order valence-corrected chi connectivity index (χ4v) is 1.17. The summed E-state index contributed by atoms with van der Waals surface area (Å²) < 4.78 is 20.2. The van der Waals surface area contributed by atoms with Crippen LogP contribution in [0.2, 0.25) is 0 Å². The molecule has 0 unspecified atom stereocenters. The van der Waals surface area contributed by atoms with Crippen LogP contribution in [0.4, 0.5) is 0 Å². The minimum absolute atomic E-state index is 0.463. The van der Waals surface area contributed by atoms with Crippen LogP contribution in [0, 0.1) is 0 Å². The molecule has 1 saturated heterocycles. The first-order valence-electron chi connectivity index (χ1n) is 4.26. The molecule has 0 saturated carbocycles. The first kappa shape index (κ1) is 9.80. The van der Waals surface area contributed by atoms with Gasteiger partial charge in [0.2, 0.25) is 0 Å². The fourth-order valence-electron chi connectivity index (χ4n) is 1.17. The third-order valence-electron chi connectivity index (χ3n) is 1.84. The summed E-state index contributed by atoms with van der Waals surface area (Å²) in [6.07, 6.45) is 0. The lowest BCUT2D eigenvalue weighted by Crippen LogP contribution is -2.50. The molecule has 1 aliphatic rings. The van der Waals surface area contributed by atoms with Gasteiger partial charge in [-0.05, 0) is 5.46 Å². The average Bonchev–Trinajstić information content (AvgIpc) is 2.30. The molecule has 0 N–H and O–H groups in total. The Bertz CT molecular complexity index is 284. The maximum absolute atomic E-state index is 5.32. The van der Waals surface area contributed by atoms with Gasteiger partial charge in [0, 0.05) is 7.11 Å². The van der Waals surface area contributed by atoms with Crippen LogP contribution in [0.25, 0.3) is 0 Å². The van der Waals surface area contributed by atoms with Gasteiger partial charge in [-0.25, -0.2) is 0 Å². The molecule has 2 rings (SSSR count). The van der Waals surface area contributed by atoms with Crippen molar-refractivity contribution in [2.24, 2.45) is 0 Å². The summed E-state index contributed by atoms with van der Waals surface area (Å²) >= 11 is 0. The quantitative estimate of drug-likeness (QED) is 0.593. The van der Waals surface area contributed by atoms with Crippen molar-refractivity contribution >= 4 is 27.6 Å². The number of rotatable bonds is 2. The molecular formula is C7H8B3O4. The summed E-state index contributed by atoms with van der Waals surface area (Å²) in [6, 6.07) is 9.59. The first-order valence-corrected chi connectivity index (χ1v) is 4.26. The minimum Gasteiger partial charge on any atom is -0.451 e. The standard InChI is InChI=1S/C7H8B3O4/c1-11-10-13-8-12-9(14-10)7-5-3-2-4-6-7/h2-6H,1H3. The molecule has 14 heavy (non-hydrogen) atoms. The molecule has 0 amide bonds. The van der Waals surface area contributed by atoms with E-state index in [1.165, 1.54) is 14.8 Å². The normalized spacial score (nSPS) is 16.6. The SMILES string of the molecule is COB1O[B]OB(c2ccccc2)O1. The van der Waals surface area contributed by atoms with E-state index >= 15 is 0 Å². The molecule has 1 radical (unpaired) electrons. The van der Waals surface area contributed by atoms with Crippen LogP contribution in [-0.2, 0) is 18.4 Å². The Labute approximate surface area is 84.1 Å². The summed E-state index contributed by atoms with van der Waals surface area (Å²) in [5.41, 5.74) is 0.925. The molecule has 69 valence electrons. The monoisotopic (exact) mass is 189 g/mol. The van der Waals surface area contributed by atoms with Gasteiger partial charge in [-0.1, -0.05) is 30.3 Å². The molecular weight excluding hydrogens is 181 g/mol. The van der Waals surface area contributed by atoms with Gasteiger partial charge < -0.3 is 18.4 Å². The van der Waals surface area contributed by atoms with Crippen LogP contribution in [-0.4, -0.2) is 29.2 Å². The van der Waals surface area contributed by atoms with Crippen molar-refractivity contribution in [3.63, 3.8) is 0 Å². The second-order valence-corrected chi connectivity index (χ2v) is 2.77. The van der Waals surface area contributed by atoms with Gasteiger partial charge in [-0.2, -0.15) is 0 Å². The van der Waals surface area contributed by atoms with Crippen molar-refractivity contribution in [2.75, 3.05) is 7.11 Å². The third-order valence-corrected chi connectivity index (χ3v) is 1.84. The Balaban J connectivity index is 2.04. The predicted octanol–water partition coefficient (Wildman–Crippen LogP) is -0.389. The van der Waals surface area contributed by atoms with Crippen LogP contribution in [0.15, 0.2) is 30.3 Å². The molecule has 0 atom stereocenters. The lowest BCUT2D eigenvalue weighted by molar-refractivity contribution is 0.201. The highest BCUT2D eigenvalue weighted by Gasteiger charge is 2.35. The van der Waals surface area contributed by atoms with Gasteiger partial charge >= 0.3 is 22.1 Å². The Kier molecular flexibility index (Phi) is 3.26. The van der Waals surface area contributed by atoms with E-state index in [4.69, 9.17) is 18.4 Å². The Morgan fingerprint density at radius 1 is 1.21 bits per heavy atom. The molecule has 0 aromatic heterocycles.